The van der Waals surface area contributed by atoms with Crippen LogP contribution < -0.4 is 0 Å². The normalized spacial score (nSPS) is 21.5. The second-order valence-electron chi connectivity index (χ2n) is 8.28. The summed E-state index contributed by atoms with van der Waals surface area (Å²) in [5.74, 6) is 1.40. The Morgan fingerprint density at radius 2 is 1.86 bits per heavy atom. The van der Waals surface area contributed by atoms with E-state index in [1.807, 2.05) is 6.92 Å². The molecule has 0 radical (unpaired) electrons. The quantitative estimate of drug-likeness (QED) is 0.508. The minimum Gasteiger partial charge on any atom is -0.365 e. The number of aryl methyl sites for hydroxylation is 2. The number of epoxide rings is 1. The van der Waals surface area contributed by atoms with E-state index in [1.165, 1.54) is 18.4 Å². The topological polar surface area (TPSA) is 68.5 Å². The highest BCUT2D eigenvalue weighted by molar-refractivity contribution is 5.79. The van der Waals surface area contributed by atoms with Crippen LogP contribution in [0, 0.1) is 13.8 Å². The molecule has 1 saturated carbocycles. The average molecular weight is 371 g/mol. The molecule has 3 aromatic heterocycles. The average Bonchev–Trinajstić information content (AvgIpc) is 3.61. The lowest BCUT2D eigenvalue weighted by Gasteiger charge is -2.12. The van der Waals surface area contributed by atoms with Crippen molar-refractivity contribution in [3.05, 3.63) is 52.8 Å². The molecule has 1 aliphatic carbocycles. The van der Waals surface area contributed by atoms with Crippen LogP contribution in [0.1, 0.15) is 48.2 Å². The van der Waals surface area contributed by atoms with Crippen molar-refractivity contribution >= 4 is 16.8 Å². The number of ether oxygens (including phenoxy) is 1. The van der Waals surface area contributed by atoms with Crippen molar-refractivity contribution in [1.82, 2.24) is 24.6 Å². The van der Waals surface area contributed by atoms with Crippen LogP contribution in [-0.2, 0) is 10.3 Å². The molecule has 4 heterocycles. The van der Waals surface area contributed by atoms with Gasteiger partial charge in [0, 0.05) is 17.2 Å². The van der Waals surface area contributed by atoms with Gasteiger partial charge in [-0.05, 0) is 62.9 Å². The van der Waals surface area contributed by atoms with E-state index in [4.69, 9.17) is 14.7 Å². The van der Waals surface area contributed by atoms with Gasteiger partial charge in [0.15, 0.2) is 17.1 Å². The molecular formula is C22H21N5O. The van der Waals surface area contributed by atoms with E-state index in [-0.39, 0.29) is 5.60 Å². The first-order valence-corrected chi connectivity index (χ1v) is 9.81. The third-order valence-electron chi connectivity index (χ3n) is 6.02. The fourth-order valence-corrected chi connectivity index (χ4v) is 3.90. The summed E-state index contributed by atoms with van der Waals surface area (Å²) in [5, 5.41) is 9.03. The monoisotopic (exact) mass is 371 g/mol. The Hall–Kier alpha value is -2.86. The maximum Gasteiger partial charge on any atom is 0.184 e. The van der Waals surface area contributed by atoms with Crippen molar-refractivity contribution in [2.24, 2.45) is 0 Å². The van der Waals surface area contributed by atoms with Crippen molar-refractivity contribution in [3.8, 4) is 11.4 Å². The van der Waals surface area contributed by atoms with Gasteiger partial charge in [-0.3, -0.25) is 4.40 Å². The molecule has 6 rings (SSSR count). The summed E-state index contributed by atoms with van der Waals surface area (Å²) in [7, 11) is 0. The van der Waals surface area contributed by atoms with Crippen LogP contribution in [0.3, 0.4) is 0 Å². The highest BCUT2D eigenvalue weighted by Gasteiger charge is 2.41. The number of hydrogen-bond donors (Lipinski definition) is 0. The van der Waals surface area contributed by atoms with Crippen LogP contribution >= 0.6 is 0 Å². The zero-order valence-corrected chi connectivity index (χ0v) is 16.2. The van der Waals surface area contributed by atoms with Gasteiger partial charge < -0.3 is 4.74 Å². The predicted octanol–water partition coefficient (Wildman–Crippen LogP) is 4.08. The minimum atomic E-state index is -0.181. The lowest BCUT2D eigenvalue weighted by atomic mass is 9.96. The number of hydrogen-bond acceptors (Lipinski definition) is 5. The number of fused-ring (bicyclic) bond motifs is 3. The van der Waals surface area contributed by atoms with Gasteiger partial charge in [0.25, 0.3) is 0 Å². The molecule has 6 nitrogen and oxygen atoms in total. The zero-order chi connectivity index (χ0) is 19.0. The van der Waals surface area contributed by atoms with Gasteiger partial charge in [0.1, 0.15) is 11.1 Å². The van der Waals surface area contributed by atoms with Crippen molar-refractivity contribution in [3.63, 3.8) is 0 Å². The first-order chi connectivity index (χ1) is 13.5. The molecule has 2 aliphatic rings. The maximum absolute atomic E-state index is 5.65. The van der Waals surface area contributed by atoms with Crippen LogP contribution in [0.25, 0.3) is 28.2 Å². The van der Waals surface area contributed by atoms with Crippen molar-refractivity contribution in [2.75, 3.05) is 6.61 Å². The SMILES string of the molecule is Cc1ccc(C2(C)CO2)cc1-c1nnc2c(C)nc3ccc(C4CC4)nc3n12. The molecule has 4 aromatic rings. The first-order valence-electron chi connectivity index (χ1n) is 9.81. The van der Waals surface area contributed by atoms with E-state index in [0.717, 1.165) is 51.8 Å². The molecule has 1 atom stereocenters. The molecule has 1 saturated heterocycles. The van der Waals surface area contributed by atoms with Crippen molar-refractivity contribution < 1.29 is 4.74 Å². The Labute approximate surface area is 162 Å². The van der Waals surface area contributed by atoms with Gasteiger partial charge in [-0.15, -0.1) is 10.2 Å². The number of pyridine rings is 1. The zero-order valence-electron chi connectivity index (χ0n) is 16.2. The number of rotatable bonds is 3. The molecule has 0 amide bonds. The van der Waals surface area contributed by atoms with Gasteiger partial charge >= 0.3 is 0 Å². The van der Waals surface area contributed by atoms with Gasteiger partial charge in [-0.1, -0.05) is 12.1 Å². The van der Waals surface area contributed by atoms with E-state index < -0.39 is 0 Å². The molecule has 140 valence electrons. The molecule has 0 bridgehead atoms. The Balaban J connectivity index is 1.65. The van der Waals surface area contributed by atoms with E-state index in [2.05, 4.69) is 58.8 Å². The van der Waals surface area contributed by atoms with Crippen LogP contribution in [0.5, 0.6) is 0 Å². The second kappa shape index (κ2) is 5.35. The first kappa shape index (κ1) is 16.1. The largest absolute Gasteiger partial charge is 0.365 e. The molecule has 28 heavy (non-hydrogen) atoms. The van der Waals surface area contributed by atoms with E-state index in [1.54, 1.807) is 0 Å². The fraction of sp³-hybridized carbons (Fsp3) is 0.364. The minimum absolute atomic E-state index is 0.181. The third kappa shape index (κ3) is 2.31. The summed E-state index contributed by atoms with van der Waals surface area (Å²) >= 11 is 0. The summed E-state index contributed by atoms with van der Waals surface area (Å²) < 4.78 is 7.73. The molecule has 1 aromatic carbocycles. The van der Waals surface area contributed by atoms with E-state index >= 15 is 0 Å². The number of nitrogens with zero attached hydrogens (tertiary/aromatic N) is 5. The van der Waals surface area contributed by atoms with Crippen molar-refractivity contribution in [1.29, 1.82) is 0 Å². The van der Waals surface area contributed by atoms with Crippen LogP contribution in [0.2, 0.25) is 0 Å². The summed E-state index contributed by atoms with van der Waals surface area (Å²) in [6.07, 6.45) is 2.44. The molecule has 1 unspecified atom stereocenters. The van der Waals surface area contributed by atoms with Gasteiger partial charge in [-0.25, -0.2) is 9.97 Å². The van der Waals surface area contributed by atoms with Crippen LogP contribution in [0.15, 0.2) is 30.3 Å². The number of benzene rings is 1. The molecule has 1 aliphatic heterocycles. The van der Waals surface area contributed by atoms with Gasteiger partial charge in [0.2, 0.25) is 0 Å². The summed E-state index contributed by atoms with van der Waals surface area (Å²) in [6.45, 7) is 6.96. The molecular weight excluding hydrogens is 350 g/mol. The van der Waals surface area contributed by atoms with Crippen LogP contribution in [-0.4, -0.2) is 31.2 Å². The standard InChI is InChI=1S/C22H21N5O/c1-12-4-7-15(22(3)11-28-22)10-16(12)20-26-25-19-13(2)23-18-9-8-17(14-5-6-14)24-21(18)27(19)20/h4,7-10,14H,5-6,11H2,1-3H3. The highest BCUT2D eigenvalue weighted by atomic mass is 16.6. The Morgan fingerprint density at radius 3 is 2.61 bits per heavy atom. The Morgan fingerprint density at radius 1 is 1.04 bits per heavy atom. The van der Waals surface area contributed by atoms with E-state index in [0.29, 0.717) is 5.92 Å². The number of aromatic nitrogens is 5. The molecule has 2 fully saturated rings. The van der Waals surface area contributed by atoms with Gasteiger partial charge in [0.05, 0.1) is 12.3 Å². The highest BCUT2D eigenvalue weighted by Crippen LogP contribution is 2.41. The second-order valence-corrected chi connectivity index (χ2v) is 8.28. The maximum atomic E-state index is 5.65. The van der Waals surface area contributed by atoms with E-state index in [9.17, 15) is 0 Å². The lowest BCUT2D eigenvalue weighted by Crippen LogP contribution is -2.05. The van der Waals surface area contributed by atoms with Gasteiger partial charge in [-0.2, -0.15) is 0 Å². The molecule has 0 spiro atoms. The summed E-state index contributed by atoms with van der Waals surface area (Å²) in [4.78, 5) is 9.69. The van der Waals surface area contributed by atoms with Crippen LogP contribution in [0.4, 0.5) is 0 Å². The Kier molecular flexibility index (Phi) is 3.08. The molecule has 0 N–H and O–H groups in total. The lowest BCUT2D eigenvalue weighted by molar-refractivity contribution is 0.329. The molecule has 6 heteroatoms. The Bertz CT molecular complexity index is 1270. The third-order valence-corrected chi connectivity index (χ3v) is 6.02. The smallest absolute Gasteiger partial charge is 0.184 e. The van der Waals surface area contributed by atoms with Crippen molar-refractivity contribution in [2.45, 2.75) is 45.1 Å². The summed E-state index contributed by atoms with van der Waals surface area (Å²) in [5.41, 5.74) is 7.69. The summed E-state index contributed by atoms with van der Waals surface area (Å²) in [6, 6.07) is 10.7. The fourth-order valence-electron chi connectivity index (χ4n) is 3.90. The predicted molar refractivity (Wildman–Crippen MR) is 106 cm³/mol.